The summed E-state index contributed by atoms with van der Waals surface area (Å²) in [5.41, 5.74) is 8.34. The van der Waals surface area contributed by atoms with Crippen molar-refractivity contribution in [3.05, 3.63) is 53.3 Å². The molecule has 0 bridgehead atoms. The van der Waals surface area contributed by atoms with Crippen molar-refractivity contribution in [3.63, 3.8) is 0 Å². The zero-order chi connectivity index (χ0) is 20.4. The Morgan fingerprint density at radius 2 is 2.07 bits per heavy atom. The van der Waals surface area contributed by atoms with E-state index in [4.69, 9.17) is 9.26 Å². The van der Waals surface area contributed by atoms with Gasteiger partial charge in [-0.1, -0.05) is 18.1 Å². The SMILES string of the molecule is Cc1ccc(OCC(=O)NNc2nc(-c3ccncc3)no2)c2c1C(C)CC2=O. The number of aryl methyl sites for hydroxylation is 1. The zero-order valence-corrected chi connectivity index (χ0v) is 15.9. The summed E-state index contributed by atoms with van der Waals surface area (Å²) in [6, 6.07) is 7.14. The third kappa shape index (κ3) is 3.79. The summed E-state index contributed by atoms with van der Waals surface area (Å²) in [5.74, 6) is 0.528. The highest BCUT2D eigenvalue weighted by molar-refractivity contribution is 6.04. The first-order valence-corrected chi connectivity index (χ1v) is 9.11. The molecule has 1 aliphatic carbocycles. The first-order valence-electron chi connectivity index (χ1n) is 9.11. The molecule has 0 saturated heterocycles. The van der Waals surface area contributed by atoms with Crippen molar-refractivity contribution in [2.45, 2.75) is 26.2 Å². The number of carbonyl (C=O) groups is 2. The Morgan fingerprint density at radius 1 is 1.28 bits per heavy atom. The third-order valence-electron chi connectivity index (χ3n) is 4.72. The summed E-state index contributed by atoms with van der Waals surface area (Å²) < 4.78 is 10.6. The summed E-state index contributed by atoms with van der Waals surface area (Å²) in [5, 5.41) is 3.82. The van der Waals surface area contributed by atoms with E-state index >= 15 is 0 Å². The molecule has 0 radical (unpaired) electrons. The van der Waals surface area contributed by atoms with Crippen molar-refractivity contribution in [3.8, 4) is 17.1 Å². The number of hydrogen-bond acceptors (Lipinski definition) is 8. The standard InChI is InChI=1S/C20H19N5O4/c1-11-3-4-15(18-14(26)9-12(2)17(11)18)28-10-16(27)23-24-20-22-19(25-29-20)13-5-7-21-8-6-13/h3-8,12H,9-10H2,1-2H3,(H,23,27)(H,22,24,25). The lowest BCUT2D eigenvalue weighted by atomic mass is 9.97. The number of fused-ring (bicyclic) bond motifs is 1. The van der Waals surface area contributed by atoms with Crippen LogP contribution in [0.1, 0.15) is 40.7 Å². The van der Waals surface area contributed by atoms with Gasteiger partial charge in [-0.15, -0.1) is 0 Å². The van der Waals surface area contributed by atoms with Crippen LogP contribution in [0.3, 0.4) is 0 Å². The van der Waals surface area contributed by atoms with Crippen LogP contribution >= 0.6 is 0 Å². The molecule has 0 saturated carbocycles. The van der Waals surface area contributed by atoms with E-state index in [-0.39, 0.29) is 24.3 Å². The molecule has 1 aliphatic rings. The van der Waals surface area contributed by atoms with Gasteiger partial charge >= 0.3 is 6.01 Å². The van der Waals surface area contributed by atoms with Crippen LogP contribution in [0.25, 0.3) is 11.4 Å². The molecule has 3 aromatic rings. The second kappa shape index (κ2) is 7.70. The van der Waals surface area contributed by atoms with Gasteiger partial charge in [-0.3, -0.25) is 20.0 Å². The molecule has 0 spiro atoms. The number of rotatable bonds is 6. The van der Waals surface area contributed by atoms with E-state index in [0.717, 1.165) is 16.7 Å². The smallest absolute Gasteiger partial charge is 0.340 e. The minimum Gasteiger partial charge on any atom is -0.483 e. The van der Waals surface area contributed by atoms with Crippen molar-refractivity contribution < 1.29 is 18.8 Å². The maximum absolute atomic E-state index is 12.3. The quantitative estimate of drug-likeness (QED) is 0.614. The van der Waals surface area contributed by atoms with Gasteiger partial charge < -0.3 is 9.26 Å². The molecule has 0 fully saturated rings. The number of amides is 1. The summed E-state index contributed by atoms with van der Waals surface area (Å²) in [4.78, 5) is 32.5. The monoisotopic (exact) mass is 393 g/mol. The number of ketones is 1. The number of nitrogens with one attached hydrogen (secondary N) is 2. The molecule has 9 heteroatoms. The van der Waals surface area contributed by atoms with Gasteiger partial charge in [0.25, 0.3) is 5.91 Å². The zero-order valence-electron chi connectivity index (χ0n) is 15.9. The van der Waals surface area contributed by atoms with E-state index in [2.05, 4.69) is 26.0 Å². The highest BCUT2D eigenvalue weighted by Gasteiger charge is 2.31. The normalized spacial score (nSPS) is 15.1. The predicted octanol–water partition coefficient (Wildman–Crippen LogP) is 2.65. The number of nitrogens with zero attached hydrogens (tertiary/aromatic N) is 3. The fourth-order valence-electron chi connectivity index (χ4n) is 3.42. The number of Topliss-reactive ketones (excluding diaryl/α,β-unsaturated/α-hetero) is 1. The van der Waals surface area contributed by atoms with Gasteiger partial charge in [0.05, 0.1) is 5.56 Å². The summed E-state index contributed by atoms with van der Waals surface area (Å²) >= 11 is 0. The highest BCUT2D eigenvalue weighted by atomic mass is 16.5. The summed E-state index contributed by atoms with van der Waals surface area (Å²) in [6.07, 6.45) is 3.69. The van der Waals surface area contributed by atoms with E-state index < -0.39 is 5.91 Å². The molecule has 148 valence electrons. The maximum atomic E-state index is 12.3. The molecule has 9 nitrogen and oxygen atoms in total. The fourth-order valence-corrected chi connectivity index (χ4v) is 3.42. The number of aromatic nitrogens is 3. The van der Waals surface area contributed by atoms with Gasteiger partial charge in [-0.2, -0.15) is 4.98 Å². The Morgan fingerprint density at radius 3 is 2.86 bits per heavy atom. The number of ether oxygens (including phenoxy) is 1. The second-order valence-corrected chi connectivity index (χ2v) is 6.82. The van der Waals surface area contributed by atoms with Gasteiger partial charge in [-0.25, -0.2) is 5.43 Å². The van der Waals surface area contributed by atoms with E-state index in [9.17, 15) is 9.59 Å². The number of anilines is 1. The van der Waals surface area contributed by atoms with Crippen LogP contribution in [0.4, 0.5) is 6.01 Å². The number of carbonyl (C=O) groups excluding carboxylic acids is 2. The van der Waals surface area contributed by atoms with Crippen LogP contribution in [0.5, 0.6) is 5.75 Å². The van der Waals surface area contributed by atoms with Crippen LogP contribution in [-0.4, -0.2) is 33.4 Å². The largest absolute Gasteiger partial charge is 0.483 e. The van der Waals surface area contributed by atoms with Gasteiger partial charge in [0.2, 0.25) is 5.82 Å². The molecule has 2 heterocycles. The van der Waals surface area contributed by atoms with Gasteiger partial charge in [0.15, 0.2) is 12.4 Å². The van der Waals surface area contributed by atoms with Crippen LogP contribution < -0.4 is 15.6 Å². The maximum Gasteiger partial charge on any atom is 0.340 e. The molecular weight excluding hydrogens is 374 g/mol. The number of benzene rings is 1. The van der Waals surface area contributed by atoms with E-state index in [1.54, 1.807) is 30.6 Å². The lowest BCUT2D eigenvalue weighted by molar-refractivity contribution is -0.122. The Hall–Kier alpha value is -3.75. The summed E-state index contributed by atoms with van der Waals surface area (Å²) in [7, 11) is 0. The Bertz CT molecular complexity index is 1060. The van der Waals surface area contributed by atoms with E-state index in [0.29, 0.717) is 23.6 Å². The van der Waals surface area contributed by atoms with Crippen molar-refractivity contribution in [1.29, 1.82) is 0 Å². The first kappa shape index (κ1) is 18.6. The molecule has 2 aromatic heterocycles. The lowest BCUT2D eigenvalue weighted by Gasteiger charge is -2.13. The molecule has 4 rings (SSSR count). The van der Waals surface area contributed by atoms with Crippen LogP contribution in [0.15, 0.2) is 41.2 Å². The Kier molecular flexibility index (Phi) is 4.94. The molecule has 2 N–H and O–H groups in total. The van der Waals surface area contributed by atoms with Gasteiger partial charge in [0, 0.05) is 24.4 Å². The number of pyridine rings is 1. The molecule has 1 amide bonds. The number of hydrogen-bond donors (Lipinski definition) is 2. The molecule has 1 atom stereocenters. The van der Waals surface area contributed by atoms with Crippen LogP contribution in [-0.2, 0) is 4.79 Å². The Labute approximate surface area is 166 Å². The second-order valence-electron chi connectivity index (χ2n) is 6.82. The molecule has 1 unspecified atom stereocenters. The summed E-state index contributed by atoms with van der Waals surface area (Å²) in [6.45, 7) is 3.72. The highest BCUT2D eigenvalue weighted by Crippen LogP contribution is 2.40. The average Bonchev–Trinajstić information content (AvgIpc) is 3.32. The van der Waals surface area contributed by atoms with E-state index in [1.165, 1.54) is 0 Å². The molecule has 1 aromatic carbocycles. The number of hydrazine groups is 1. The van der Waals surface area contributed by atoms with Gasteiger partial charge in [0.1, 0.15) is 5.75 Å². The minimum atomic E-state index is -0.457. The van der Waals surface area contributed by atoms with Crippen molar-refractivity contribution in [2.24, 2.45) is 0 Å². The fraction of sp³-hybridized carbons (Fsp3) is 0.250. The van der Waals surface area contributed by atoms with Crippen LogP contribution in [0.2, 0.25) is 0 Å². The van der Waals surface area contributed by atoms with Crippen molar-refractivity contribution in [1.82, 2.24) is 20.6 Å². The first-order chi connectivity index (χ1) is 14.0. The average molecular weight is 393 g/mol. The predicted molar refractivity (Wildman–Crippen MR) is 103 cm³/mol. The lowest BCUT2D eigenvalue weighted by Crippen LogP contribution is -2.33. The Balaban J connectivity index is 1.35. The molecule has 29 heavy (non-hydrogen) atoms. The van der Waals surface area contributed by atoms with Gasteiger partial charge in [-0.05, 0) is 42.2 Å². The third-order valence-corrected chi connectivity index (χ3v) is 4.72. The van der Waals surface area contributed by atoms with Crippen LogP contribution in [0, 0.1) is 6.92 Å². The molecular formula is C20H19N5O4. The molecule has 0 aliphatic heterocycles. The minimum absolute atomic E-state index is 0.0328. The topological polar surface area (TPSA) is 119 Å². The van der Waals surface area contributed by atoms with E-state index in [1.807, 2.05) is 19.9 Å². The van der Waals surface area contributed by atoms with Crippen molar-refractivity contribution in [2.75, 3.05) is 12.0 Å². The van der Waals surface area contributed by atoms with Crippen molar-refractivity contribution >= 4 is 17.7 Å².